The second kappa shape index (κ2) is 9.84. The highest BCUT2D eigenvalue weighted by molar-refractivity contribution is 6.01. The fourth-order valence-corrected chi connectivity index (χ4v) is 4.46. The molecule has 0 unspecified atom stereocenters. The van der Waals surface area contributed by atoms with Crippen LogP contribution in [0.2, 0.25) is 0 Å². The summed E-state index contributed by atoms with van der Waals surface area (Å²) in [4.78, 5) is 39.1. The third-order valence-electron chi connectivity index (χ3n) is 6.05. The summed E-state index contributed by atoms with van der Waals surface area (Å²) in [6, 6.07) is 3.38. The second-order valence-corrected chi connectivity index (χ2v) is 9.65. The third kappa shape index (κ3) is 5.82. The number of anilines is 1. The minimum absolute atomic E-state index is 0.0907. The van der Waals surface area contributed by atoms with E-state index in [1.54, 1.807) is 32.6 Å². The van der Waals surface area contributed by atoms with Gasteiger partial charge in [0.1, 0.15) is 11.5 Å². The summed E-state index contributed by atoms with van der Waals surface area (Å²) in [5.74, 6) is -3.65. The average Bonchev–Trinajstić information content (AvgIpc) is 3.13. The number of hydrogen-bond acceptors (Lipinski definition) is 6. The molecule has 0 aliphatic carbocycles. The van der Waals surface area contributed by atoms with Crippen LogP contribution >= 0.6 is 0 Å². The summed E-state index contributed by atoms with van der Waals surface area (Å²) in [6.07, 6.45) is -3.70. The molecule has 10 heteroatoms. The number of nitrogens with one attached hydrogen (secondary N) is 1. The van der Waals surface area contributed by atoms with E-state index in [0.29, 0.717) is 37.2 Å². The van der Waals surface area contributed by atoms with Gasteiger partial charge in [-0.1, -0.05) is 6.07 Å². The first-order valence-corrected chi connectivity index (χ1v) is 11.4. The molecule has 2 aliphatic heterocycles. The summed E-state index contributed by atoms with van der Waals surface area (Å²) in [5.41, 5.74) is -0.647. The second-order valence-electron chi connectivity index (χ2n) is 9.65. The van der Waals surface area contributed by atoms with Crippen LogP contribution in [0.3, 0.4) is 0 Å². The first kappa shape index (κ1) is 25.8. The number of ether oxygens (including phenoxy) is 2. The van der Waals surface area contributed by atoms with Crippen LogP contribution in [0.25, 0.3) is 0 Å². The van der Waals surface area contributed by atoms with Crippen molar-refractivity contribution >= 4 is 23.5 Å². The Morgan fingerprint density at radius 3 is 2.32 bits per heavy atom. The molecule has 0 saturated carbocycles. The molecule has 188 valence electrons. The minimum Gasteiger partial charge on any atom is -0.465 e. The highest BCUT2D eigenvalue weighted by Crippen LogP contribution is 2.41. The topological polar surface area (TPSA) is 84.9 Å². The van der Waals surface area contributed by atoms with Crippen LogP contribution in [0.1, 0.15) is 57.6 Å². The van der Waals surface area contributed by atoms with E-state index >= 15 is 0 Å². The van der Waals surface area contributed by atoms with Crippen LogP contribution in [0, 0.1) is 11.8 Å². The summed E-state index contributed by atoms with van der Waals surface area (Å²) in [6.45, 7) is 7.87. The van der Waals surface area contributed by atoms with Crippen LogP contribution in [-0.2, 0) is 30.0 Å². The summed E-state index contributed by atoms with van der Waals surface area (Å²) >= 11 is 0. The maximum atomic E-state index is 13.5. The molecule has 2 fully saturated rings. The van der Waals surface area contributed by atoms with E-state index in [4.69, 9.17) is 9.47 Å². The zero-order valence-corrected chi connectivity index (χ0v) is 19.8. The van der Waals surface area contributed by atoms with Gasteiger partial charge in [0.15, 0.2) is 0 Å². The van der Waals surface area contributed by atoms with Crippen molar-refractivity contribution < 1.29 is 37.0 Å². The number of nitrogens with zero attached hydrogens (tertiary/aromatic N) is 1. The molecule has 0 aromatic heterocycles. The Bertz CT molecular complexity index is 934. The smallest absolute Gasteiger partial charge is 0.416 e. The van der Waals surface area contributed by atoms with Crippen LogP contribution in [0.5, 0.6) is 0 Å². The molecule has 1 aromatic carbocycles. The van der Waals surface area contributed by atoms with E-state index in [1.807, 2.05) is 0 Å². The number of esters is 2. The third-order valence-corrected chi connectivity index (χ3v) is 6.05. The fraction of sp³-hybridized carbons (Fsp3) is 0.625. The van der Waals surface area contributed by atoms with Gasteiger partial charge in [0.25, 0.3) is 0 Å². The monoisotopic (exact) mass is 484 g/mol. The predicted molar refractivity (Wildman–Crippen MR) is 118 cm³/mol. The highest BCUT2D eigenvalue weighted by Gasteiger charge is 2.44. The Kier molecular flexibility index (Phi) is 7.47. The van der Waals surface area contributed by atoms with Crippen molar-refractivity contribution in [2.75, 3.05) is 31.1 Å². The lowest BCUT2D eigenvalue weighted by molar-refractivity contribution is -0.160. The van der Waals surface area contributed by atoms with Gasteiger partial charge in [0.05, 0.1) is 18.1 Å². The number of amides is 1. The largest absolute Gasteiger partial charge is 0.465 e. The highest BCUT2D eigenvalue weighted by atomic mass is 19.4. The van der Waals surface area contributed by atoms with E-state index in [0.717, 1.165) is 12.1 Å². The molecule has 2 atom stereocenters. The standard InChI is InChI=1S/C24H31F3N2O5/c1-5-33-22(32)19-17(13-28-20(19)30)16-7-6-15(24(25,26)27)12-18(16)29-10-8-14(9-11-29)21(31)34-23(2,3)4/h6-7,12,14,17,19H,5,8-11,13H2,1-4H3,(H,28,30)/t17-,19-/m1/s1. The van der Waals surface area contributed by atoms with Gasteiger partial charge < -0.3 is 19.7 Å². The molecule has 0 bridgehead atoms. The van der Waals surface area contributed by atoms with E-state index in [2.05, 4.69) is 5.32 Å². The van der Waals surface area contributed by atoms with Crippen LogP contribution in [-0.4, -0.2) is 49.7 Å². The molecule has 2 aliphatic rings. The molecular formula is C24H31F3N2O5. The maximum absolute atomic E-state index is 13.5. The van der Waals surface area contributed by atoms with E-state index < -0.39 is 41.1 Å². The zero-order chi connectivity index (χ0) is 25.3. The molecular weight excluding hydrogens is 453 g/mol. The molecule has 3 rings (SSSR count). The van der Waals surface area contributed by atoms with E-state index in [1.165, 1.54) is 6.07 Å². The van der Waals surface area contributed by atoms with Gasteiger partial charge in [-0.25, -0.2) is 0 Å². The van der Waals surface area contributed by atoms with Gasteiger partial charge in [-0.15, -0.1) is 0 Å². The number of hydrogen-bond donors (Lipinski definition) is 1. The fourth-order valence-electron chi connectivity index (χ4n) is 4.46. The molecule has 0 spiro atoms. The Labute approximate surface area is 197 Å². The van der Waals surface area contributed by atoms with Crippen molar-refractivity contribution in [1.29, 1.82) is 0 Å². The normalized spacial score (nSPS) is 21.9. The van der Waals surface area contributed by atoms with Crippen molar-refractivity contribution in [3.05, 3.63) is 29.3 Å². The van der Waals surface area contributed by atoms with E-state index in [-0.39, 0.29) is 25.0 Å². The lowest BCUT2D eigenvalue weighted by atomic mass is 9.85. The predicted octanol–water partition coefficient (Wildman–Crippen LogP) is 3.66. The number of carbonyl (C=O) groups excluding carboxylic acids is 3. The van der Waals surface area contributed by atoms with Crippen molar-refractivity contribution in [1.82, 2.24) is 5.32 Å². The Balaban J connectivity index is 1.90. The number of benzene rings is 1. The maximum Gasteiger partial charge on any atom is 0.416 e. The zero-order valence-electron chi connectivity index (χ0n) is 19.8. The van der Waals surface area contributed by atoms with Crippen molar-refractivity contribution in [3.8, 4) is 0 Å². The number of piperidine rings is 1. The molecule has 1 amide bonds. The SMILES string of the molecule is CCOC(=O)[C@H]1C(=O)NC[C@@H]1c1ccc(C(F)(F)F)cc1N1CCC(C(=O)OC(C)(C)C)CC1. The number of halogens is 3. The number of alkyl halides is 3. The lowest BCUT2D eigenvalue weighted by Crippen LogP contribution is -2.39. The van der Waals surface area contributed by atoms with Gasteiger partial charge in [0.2, 0.25) is 5.91 Å². The van der Waals surface area contributed by atoms with Crippen molar-refractivity contribution in [2.45, 2.75) is 58.2 Å². The first-order valence-electron chi connectivity index (χ1n) is 11.4. The molecule has 1 N–H and O–H groups in total. The first-order chi connectivity index (χ1) is 15.8. The Morgan fingerprint density at radius 1 is 1.12 bits per heavy atom. The molecule has 1 aromatic rings. The summed E-state index contributed by atoms with van der Waals surface area (Å²) < 4.78 is 51.1. The molecule has 34 heavy (non-hydrogen) atoms. The molecule has 0 radical (unpaired) electrons. The molecule has 7 nitrogen and oxygen atoms in total. The van der Waals surface area contributed by atoms with Crippen molar-refractivity contribution in [2.24, 2.45) is 11.8 Å². The lowest BCUT2D eigenvalue weighted by Gasteiger charge is -2.36. The quantitative estimate of drug-likeness (QED) is 0.507. The van der Waals surface area contributed by atoms with Crippen LogP contribution < -0.4 is 10.2 Å². The molecule has 2 heterocycles. The number of rotatable bonds is 5. The Morgan fingerprint density at radius 2 is 1.76 bits per heavy atom. The van der Waals surface area contributed by atoms with Gasteiger partial charge >= 0.3 is 18.1 Å². The molecule has 2 saturated heterocycles. The Hall–Kier alpha value is -2.78. The average molecular weight is 485 g/mol. The van der Waals surface area contributed by atoms with Gasteiger partial charge in [-0.05, 0) is 58.2 Å². The van der Waals surface area contributed by atoms with Gasteiger partial charge in [0, 0.05) is 31.2 Å². The summed E-state index contributed by atoms with van der Waals surface area (Å²) in [7, 11) is 0. The van der Waals surface area contributed by atoms with Gasteiger partial charge in [-0.2, -0.15) is 13.2 Å². The van der Waals surface area contributed by atoms with Crippen LogP contribution in [0.15, 0.2) is 18.2 Å². The summed E-state index contributed by atoms with van der Waals surface area (Å²) in [5, 5.41) is 2.63. The minimum atomic E-state index is -4.55. The van der Waals surface area contributed by atoms with Gasteiger partial charge in [-0.3, -0.25) is 14.4 Å². The number of carbonyl (C=O) groups is 3. The van der Waals surface area contributed by atoms with E-state index in [9.17, 15) is 27.6 Å². The van der Waals surface area contributed by atoms with Crippen LogP contribution in [0.4, 0.5) is 18.9 Å². The van der Waals surface area contributed by atoms with Crippen molar-refractivity contribution in [3.63, 3.8) is 0 Å².